The van der Waals surface area contributed by atoms with Gasteiger partial charge in [0.1, 0.15) is 0 Å². The van der Waals surface area contributed by atoms with E-state index in [1.165, 1.54) is 11.1 Å². The molecule has 8 aromatic carbocycles. The molecule has 0 radical (unpaired) electrons. The Morgan fingerprint density at radius 2 is 1.23 bits per heavy atom. The third-order valence-corrected chi connectivity index (χ3v) is 14.0. The minimum absolute atomic E-state index is 0.243. The van der Waals surface area contributed by atoms with Crippen molar-refractivity contribution in [2.75, 3.05) is 0 Å². The number of para-hydroxylation sites is 3. The van der Waals surface area contributed by atoms with Gasteiger partial charge in [-0.05, 0) is 54.3 Å². The summed E-state index contributed by atoms with van der Waals surface area (Å²) >= 11 is 2.45. The minimum Gasteiger partial charge on any atom is -0.0622 e. The summed E-state index contributed by atoms with van der Waals surface area (Å²) < 4.78 is 40.3. The molecule has 0 spiro atoms. The number of benzene rings is 8. The van der Waals surface area contributed by atoms with Crippen molar-refractivity contribution in [1.29, 1.82) is 0 Å². The molecule has 1 atom stereocenters. The Bertz CT molecular complexity index is 3760. The first-order chi connectivity index (χ1) is 33.7. The van der Waals surface area contributed by atoms with Crippen LogP contribution in [0.1, 0.15) is 34.1 Å². The van der Waals surface area contributed by atoms with Crippen molar-refractivity contribution in [3.63, 3.8) is 0 Å². The molecular weight excluding hydrogens is 988 g/mol. The van der Waals surface area contributed by atoms with Gasteiger partial charge in [0.25, 0.3) is 0 Å². The number of nitrogens with zero attached hydrogens (tertiary/aromatic N) is 4. The van der Waals surface area contributed by atoms with E-state index in [1.54, 1.807) is 12.3 Å². The fourth-order valence-corrected chi connectivity index (χ4v) is 10.9. The van der Waals surface area contributed by atoms with Gasteiger partial charge in [0, 0.05) is 15.9 Å². The van der Waals surface area contributed by atoms with Crippen LogP contribution in [0.15, 0.2) is 188 Å². The van der Waals surface area contributed by atoms with Crippen molar-refractivity contribution in [3.8, 4) is 62.1 Å². The number of pyridine rings is 1. The fourth-order valence-electron chi connectivity index (χ4n) is 9.85. The SMILES string of the molecule is [2H]C([2H])([2H])c1cc(-n2c3[c-]c(Oc4[c-]c(-n5[c](=[Pt])n(-c6c(-c7ccccc7)cccc6-c6ccccc6)c6ccccc65)ccc4)ccc3c3cc4c(cc32)CCC(C)C4)ncc1-c1ccccc1. The van der Waals surface area contributed by atoms with Crippen LogP contribution in [0.25, 0.3) is 83.4 Å². The van der Waals surface area contributed by atoms with Gasteiger partial charge in [0.05, 0.1) is 0 Å². The van der Waals surface area contributed by atoms with Crippen molar-refractivity contribution in [1.82, 2.24) is 18.7 Å². The number of imidazole rings is 1. The topological polar surface area (TPSA) is 36.9 Å². The summed E-state index contributed by atoms with van der Waals surface area (Å²) in [4.78, 5) is 5.00. The smallest absolute Gasteiger partial charge is 0.0622 e. The number of rotatable bonds is 8. The minimum atomic E-state index is -2.38. The zero-order chi connectivity index (χ0) is 46.8. The van der Waals surface area contributed by atoms with Gasteiger partial charge in [-0.2, -0.15) is 0 Å². The van der Waals surface area contributed by atoms with Crippen LogP contribution in [0, 0.1) is 28.7 Å². The molecular formula is C60H44N4OPt-2. The Hall–Kier alpha value is -7.33. The predicted octanol–water partition coefficient (Wildman–Crippen LogP) is 14.8. The van der Waals surface area contributed by atoms with Crippen LogP contribution in [0.5, 0.6) is 11.5 Å². The maximum atomic E-state index is 8.65. The van der Waals surface area contributed by atoms with Crippen molar-refractivity contribution in [2.24, 2.45) is 5.92 Å². The van der Waals surface area contributed by atoms with Crippen molar-refractivity contribution < 1.29 is 28.2 Å². The second-order valence-electron chi connectivity index (χ2n) is 17.2. The Morgan fingerprint density at radius 3 is 1.92 bits per heavy atom. The number of aromatic nitrogens is 4. The van der Waals surface area contributed by atoms with E-state index >= 15 is 0 Å². The van der Waals surface area contributed by atoms with Crippen molar-refractivity contribution in [2.45, 2.75) is 33.0 Å². The van der Waals surface area contributed by atoms with Crippen LogP contribution >= 0.6 is 0 Å². The van der Waals surface area contributed by atoms with E-state index in [4.69, 9.17) is 13.8 Å². The molecule has 0 aliphatic heterocycles. The van der Waals surface area contributed by atoms with Gasteiger partial charge in [-0.3, -0.25) is 0 Å². The van der Waals surface area contributed by atoms with E-state index in [-0.39, 0.29) is 5.56 Å². The maximum absolute atomic E-state index is 8.65. The molecule has 66 heavy (non-hydrogen) atoms. The molecule has 1 unspecified atom stereocenters. The Labute approximate surface area is 399 Å². The first-order valence-electron chi connectivity index (χ1n) is 23.9. The molecule has 0 fully saturated rings. The molecule has 3 aromatic heterocycles. The Morgan fingerprint density at radius 1 is 0.591 bits per heavy atom. The number of hydrogen-bond acceptors (Lipinski definition) is 2. The van der Waals surface area contributed by atoms with Gasteiger partial charge in [-0.1, -0.05) is 37.3 Å². The summed E-state index contributed by atoms with van der Waals surface area (Å²) in [6.07, 6.45) is 4.83. The van der Waals surface area contributed by atoms with Gasteiger partial charge in [-0.25, -0.2) is 0 Å². The number of hydrogen-bond donors (Lipinski definition) is 0. The summed E-state index contributed by atoms with van der Waals surface area (Å²) in [5.74, 6) is 2.14. The molecule has 12 rings (SSSR count). The zero-order valence-corrected chi connectivity index (χ0v) is 38.4. The molecule has 1 aliphatic rings. The standard InChI is InChI=1S/C60H44N4O.Pt/c1-40-28-29-45-35-57-53(34-46(45)32-40)52-31-30-49(37-58(52)64(57)59-33-41(2)54(38-61-59)44-20-10-5-11-21-44)65-48-23-14-22-47(36-48)62-39-63(56-27-13-12-26-55(56)62)60-50(42-16-6-3-7-17-42)24-15-25-51(60)43-18-8-4-9-19-43;/h3-27,30-31,33-35,38,40H,28-29,32H2,1-2H3;/q-2;/i2D3;. The fraction of sp³-hybridized carbons (Fsp3) is 0.100. The second-order valence-corrected chi connectivity index (χ2v) is 18.2. The van der Waals surface area contributed by atoms with Crippen molar-refractivity contribution in [3.05, 3.63) is 221 Å². The summed E-state index contributed by atoms with van der Waals surface area (Å²) in [6, 6.07) is 69.4. The summed E-state index contributed by atoms with van der Waals surface area (Å²) in [7, 11) is 0. The first kappa shape index (κ1) is 36.9. The molecule has 0 saturated heterocycles. The molecule has 1 aliphatic carbocycles. The van der Waals surface area contributed by atoms with Gasteiger partial charge in [0.15, 0.2) is 0 Å². The quantitative estimate of drug-likeness (QED) is 0.142. The molecule has 5 nitrogen and oxygen atoms in total. The molecule has 322 valence electrons. The van der Waals surface area contributed by atoms with E-state index in [9.17, 15) is 0 Å². The van der Waals surface area contributed by atoms with Gasteiger partial charge >= 0.3 is 294 Å². The van der Waals surface area contributed by atoms with Gasteiger partial charge in [-0.15, -0.1) is 0 Å². The van der Waals surface area contributed by atoms with Crippen LogP contribution in [0.3, 0.4) is 0 Å². The zero-order valence-electron chi connectivity index (χ0n) is 39.1. The van der Waals surface area contributed by atoms with Crippen LogP contribution in [0.4, 0.5) is 0 Å². The van der Waals surface area contributed by atoms with Crippen LogP contribution in [-0.4, -0.2) is 18.7 Å². The molecule has 6 heteroatoms. The Kier molecular flexibility index (Phi) is 9.28. The number of aryl methyl sites for hydroxylation is 2. The van der Waals surface area contributed by atoms with Crippen LogP contribution in [-0.2, 0) is 32.2 Å². The summed E-state index contributed by atoms with van der Waals surface area (Å²) in [6.45, 7) is -0.0634. The van der Waals surface area contributed by atoms with E-state index in [2.05, 4.69) is 180 Å². The van der Waals surface area contributed by atoms with E-state index < -0.39 is 6.85 Å². The summed E-state index contributed by atoms with van der Waals surface area (Å²) in [5.41, 5.74) is 14.5. The van der Waals surface area contributed by atoms with E-state index in [1.807, 2.05) is 48.5 Å². The van der Waals surface area contributed by atoms with Crippen molar-refractivity contribution >= 4 is 32.8 Å². The van der Waals surface area contributed by atoms with Crippen LogP contribution < -0.4 is 4.74 Å². The molecule has 0 bridgehead atoms. The molecule has 11 aromatic rings. The second kappa shape index (κ2) is 16.6. The average molecular weight is 1040 g/mol. The first-order valence-corrected chi connectivity index (χ1v) is 23.5. The number of ether oxygens (including phenoxy) is 1. The number of fused-ring (bicyclic) bond motifs is 5. The molecule has 0 N–H and O–H groups in total. The molecule has 0 amide bonds. The third-order valence-electron chi connectivity index (χ3n) is 13.0. The van der Waals surface area contributed by atoms with E-state index in [0.29, 0.717) is 28.8 Å². The predicted molar refractivity (Wildman–Crippen MR) is 264 cm³/mol. The molecule has 0 saturated carbocycles. The van der Waals surface area contributed by atoms with E-state index in [0.717, 1.165) is 95.1 Å². The monoisotopic (exact) mass is 1030 g/mol. The van der Waals surface area contributed by atoms with Crippen LogP contribution in [0.2, 0.25) is 0 Å². The van der Waals surface area contributed by atoms with Gasteiger partial charge in [0.2, 0.25) is 0 Å². The summed E-state index contributed by atoms with van der Waals surface area (Å²) in [5, 5.41) is 2.06. The molecule has 3 heterocycles. The normalized spacial score (nSPS) is 14.5. The third kappa shape index (κ3) is 6.98. The van der Waals surface area contributed by atoms with Gasteiger partial charge < -0.3 is 0 Å². The average Bonchev–Trinajstić information content (AvgIpc) is 3.85. The Balaban J connectivity index is 0.996.